The standard InChI is InChI=1S/C8H10N2O4/c1-14-8(13)4-7(10-6-12)2-3-9-5-11/h7H,2-4H2,1H3. The van der Waals surface area contributed by atoms with E-state index >= 15 is 0 Å². The van der Waals surface area contributed by atoms with Crippen molar-refractivity contribution in [3.05, 3.63) is 0 Å². The average Bonchev–Trinajstić information content (AvgIpc) is 2.18. The first kappa shape index (κ1) is 12.2. The molecule has 6 heteroatoms. The molecule has 0 aromatic carbocycles. The number of aliphatic imine (C=N–C) groups is 2. The third-order valence-electron chi connectivity index (χ3n) is 1.50. The molecule has 0 fully saturated rings. The zero-order valence-electron chi connectivity index (χ0n) is 7.73. The molecule has 0 saturated heterocycles. The molecule has 0 amide bonds. The Bertz CT molecular complexity index is 277. The molecule has 14 heavy (non-hydrogen) atoms. The lowest BCUT2D eigenvalue weighted by molar-refractivity contribution is -0.141. The molecular weight excluding hydrogens is 188 g/mol. The van der Waals surface area contributed by atoms with Gasteiger partial charge in [-0.25, -0.2) is 19.6 Å². The SMILES string of the molecule is COC(=O)CC(CCN=C=O)N=C=O. The molecule has 0 aliphatic carbocycles. The minimum Gasteiger partial charge on any atom is -0.469 e. The molecule has 0 spiro atoms. The van der Waals surface area contributed by atoms with Gasteiger partial charge in [-0.15, -0.1) is 0 Å². The molecule has 0 rings (SSSR count). The van der Waals surface area contributed by atoms with Crippen LogP contribution in [0.25, 0.3) is 0 Å². The fourth-order valence-corrected chi connectivity index (χ4v) is 0.822. The molecule has 0 aliphatic heterocycles. The highest BCUT2D eigenvalue weighted by molar-refractivity contribution is 5.70. The molecule has 0 N–H and O–H groups in total. The van der Waals surface area contributed by atoms with Crippen LogP contribution in [0, 0.1) is 0 Å². The van der Waals surface area contributed by atoms with Gasteiger partial charge in [0.05, 0.1) is 26.1 Å². The summed E-state index contributed by atoms with van der Waals surface area (Å²) in [6, 6.07) is -0.531. The van der Waals surface area contributed by atoms with E-state index in [2.05, 4.69) is 14.7 Å². The lowest BCUT2D eigenvalue weighted by Gasteiger charge is -2.05. The number of nitrogens with zero attached hydrogens (tertiary/aromatic N) is 2. The largest absolute Gasteiger partial charge is 0.469 e. The Morgan fingerprint density at radius 1 is 1.43 bits per heavy atom. The van der Waals surface area contributed by atoms with E-state index in [4.69, 9.17) is 0 Å². The summed E-state index contributed by atoms with van der Waals surface area (Å²) in [5.74, 6) is -0.468. The lowest BCUT2D eigenvalue weighted by atomic mass is 10.1. The van der Waals surface area contributed by atoms with Crippen LogP contribution in [0.1, 0.15) is 12.8 Å². The van der Waals surface area contributed by atoms with E-state index in [0.717, 1.165) is 0 Å². The highest BCUT2D eigenvalue weighted by Crippen LogP contribution is 2.04. The zero-order chi connectivity index (χ0) is 10.8. The van der Waals surface area contributed by atoms with Gasteiger partial charge in [-0.1, -0.05) is 0 Å². The van der Waals surface area contributed by atoms with Gasteiger partial charge in [0, 0.05) is 0 Å². The highest BCUT2D eigenvalue weighted by Gasteiger charge is 2.12. The molecule has 76 valence electrons. The Balaban J connectivity index is 4.07. The normalized spacial score (nSPS) is 10.6. The van der Waals surface area contributed by atoms with Gasteiger partial charge in [0.25, 0.3) is 0 Å². The van der Waals surface area contributed by atoms with Crippen LogP contribution in [0.15, 0.2) is 9.98 Å². The zero-order valence-corrected chi connectivity index (χ0v) is 7.73. The Kier molecular flexibility index (Phi) is 6.86. The van der Waals surface area contributed by atoms with Crippen molar-refractivity contribution in [1.82, 2.24) is 0 Å². The molecular formula is C8H10N2O4. The smallest absolute Gasteiger partial charge is 0.307 e. The molecule has 0 radical (unpaired) electrons. The topological polar surface area (TPSA) is 85.2 Å². The number of ether oxygens (including phenoxy) is 1. The minimum atomic E-state index is -0.531. The summed E-state index contributed by atoms with van der Waals surface area (Å²) >= 11 is 0. The van der Waals surface area contributed by atoms with Crippen molar-refractivity contribution in [2.75, 3.05) is 13.7 Å². The Hall–Kier alpha value is -1.77. The van der Waals surface area contributed by atoms with Gasteiger partial charge in [-0.05, 0) is 6.42 Å². The maximum absolute atomic E-state index is 10.8. The van der Waals surface area contributed by atoms with Crippen molar-refractivity contribution in [2.45, 2.75) is 18.9 Å². The number of isocyanates is 2. The average molecular weight is 198 g/mol. The van der Waals surface area contributed by atoms with Crippen molar-refractivity contribution in [3.63, 3.8) is 0 Å². The van der Waals surface area contributed by atoms with Crippen LogP contribution in [-0.2, 0) is 19.1 Å². The molecule has 0 bridgehead atoms. The number of carbonyl (C=O) groups is 1. The second-order valence-electron chi connectivity index (χ2n) is 2.42. The summed E-state index contributed by atoms with van der Waals surface area (Å²) in [6.45, 7) is 0.177. The Morgan fingerprint density at radius 2 is 2.14 bits per heavy atom. The number of hydrogen-bond acceptors (Lipinski definition) is 6. The van der Waals surface area contributed by atoms with Crippen molar-refractivity contribution in [2.24, 2.45) is 9.98 Å². The van der Waals surface area contributed by atoms with E-state index in [1.165, 1.54) is 19.3 Å². The molecule has 0 aromatic heterocycles. The van der Waals surface area contributed by atoms with Gasteiger partial charge in [-0.3, -0.25) is 4.79 Å². The summed E-state index contributed by atoms with van der Waals surface area (Å²) in [7, 11) is 1.24. The number of hydrogen-bond donors (Lipinski definition) is 0. The molecule has 6 nitrogen and oxygen atoms in total. The number of carbonyl (C=O) groups excluding carboxylic acids is 3. The van der Waals surface area contributed by atoms with E-state index < -0.39 is 12.0 Å². The lowest BCUT2D eigenvalue weighted by Crippen LogP contribution is -2.14. The first-order valence-electron chi connectivity index (χ1n) is 3.92. The quantitative estimate of drug-likeness (QED) is 0.341. The fraction of sp³-hybridized carbons (Fsp3) is 0.625. The highest BCUT2D eigenvalue weighted by atomic mass is 16.5. The summed E-state index contributed by atoms with van der Waals surface area (Å²) < 4.78 is 4.40. The summed E-state index contributed by atoms with van der Waals surface area (Å²) in [5, 5.41) is 0. The first-order valence-corrected chi connectivity index (χ1v) is 3.92. The van der Waals surface area contributed by atoms with E-state index in [-0.39, 0.29) is 13.0 Å². The van der Waals surface area contributed by atoms with Crippen molar-refractivity contribution < 1.29 is 19.1 Å². The van der Waals surface area contributed by atoms with Crippen molar-refractivity contribution in [1.29, 1.82) is 0 Å². The maximum atomic E-state index is 10.8. The van der Waals surface area contributed by atoms with E-state index in [9.17, 15) is 14.4 Å². The third kappa shape index (κ3) is 5.83. The Labute approximate surface area is 80.7 Å². The van der Waals surface area contributed by atoms with Crippen LogP contribution in [0.2, 0.25) is 0 Å². The van der Waals surface area contributed by atoms with E-state index in [0.29, 0.717) is 6.42 Å². The molecule has 0 saturated carbocycles. The van der Waals surface area contributed by atoms with Gasteiger partial charge in [0.1, 0.15) is 0 Å². The van der Waals surface area contributed by atoms with Crippen LogP contribution < -0.4 is 0 Å². The van der Waals surface area contributed by atoms with Gasteiger partial charge in [-0.2, -0.15) is 0 Å². The van der Waals surface area contributed by atoms with E-state index in [1.54, 1.807) is 0 Å². The molecule has 0 aliphatic rings. The monoisotopic (exact) mass is 198 g/mol. The van der Waals surface area contributed by atoms with Gasteiger partial charge < -0.3 is 4.74 Å². The van der Waals surface area contributed by atoms with Crippen LogP contribution in [0.5, 0.6) is 0 Å². The van der Waals surface area contributed by atoms with Crippen molar-refractivity contribution >= 4 is 18.1 Å². The van der Waals surface area contributed by atoms with Gasteiger partial charge >= 0.3 is 5.97 Å². The van der Waals surface area contributed by atoms with Crippen LogP contribution >= 0.6 is 0 Å². The summed E-state index contributed by atoms with van der Waals surface area (Å²) in [5.41, 5.74) is 0. The van der Waals surface area contributed by atoms with Gasteiger partial charge in [0.15, 0.2) is 0 Å². The predicted octanol–water partition coefficient (Wildman–Crippen LogP) is -0.0202. The summed E-state index contributed by atoms with van der Waals surface area (Å²) in [6.07, 6.45) is 3.01. The van der Waals surface area contributed by atoms with Crippen LogP contribution in [0.3, 0.4) is 0 Å². The third-order valence-corrected chi connectivity index (χ3v) is 1.50. The first-order chi connectivity index (χ1) is 6.74. The summed E-state index contributed by atoms with van der Waals surface area (Å²) in [4.78, 5) is 37.2. The van der Waals surface area contributed by atoms with E-state index in [1.807, 2.05) is 0 Å². The van der Waals surface area contributed by atoms with Crippen molar-refractivity contribution in [3.8, 4) is 0 Å². The van der Waals surface area contributed by atoms with Gasteiger partial charge in [0.2, 0.25) is 12.2 Å². The molecule has 0 heterocycles. The molecule has 1 atom stereocenters. The predicted molar refractivity (Wildman–Crippen MR) is 46.1 cm³/mol. The maximum Gasteiger partial charge on any atom is 0.307 e. The minimum absolute atomic E-state index is 0.0138. The second kappa shape index (κ2) is 7.86. The fourth-order valence-electron chi connectivity index (χ4n) is 0.822. The second-order valence-corrected chi connectivity index (χ2v) is 2.42. The number of rotatable bonds is 6. The molecule has 1 unspecified atom stereocenters. The number of esters is 1. The van der Waals surface area contributed by atoms with Crippen LogP contribution in [0.4, 0.5) is 0 Å². The molecule has 0 aromatic rings. The van der Waals surface area contributed by atoms with Crippen LogP contribution in [-0.4, -0.2) is 37.8 Å². The Morgan fingerprint density at radius 3 is 2.64 bits per heavy atom. The number of methoxy groups -OCH3 is 1.